The van der Waals surface area contributed by atoms with Gasteiger partial charge in [-0.2, -0.15) is 0 Å². The topological polar surface area (TPSA) is 69.6 Å². The van der Waals surface area contributed by atoms with E-state index in [0.717, 1.165) is 19.3 Å². The first kappa shape index (κ1) is 15.8. The zero-order valence-corrected chi connectivity index (χ0v) is 12.4. The number of carbonyl (C=O) groups excluding carboxylic acids is 1. The Balaban J connectivity index is 2.59. The lowest BCUT2D eigenvalue weighted by atomic mass is 9.96. The van der Waals surface area contributed by atoms with Crippen molar-refractivity contribution < 1.29 is 14.7 Å². The van der Waals surface area contributed by atoms with Crippen LogP contribution in [0.15, 0.2) is 0 Å². The van der Waals surface area contributed by atoms with E-state index in [9.17, 15) is 9.59 Å². The number of rotatable bonds is 4. The van der Waals surface area contributed by atoms with Crippen LogP contribution >= 0.6 is 0 Å². The fourth-order valence-electron chi connectivity index (χ4n) is 2.66. The minimum atomic E-state index is -0.831. The molecule has 1 heterocycles. The van der Waals surface area contributed by atoms with Crippen molar-refractivity contribution in [2.24, 2.45) is 0 Å². The van der Waals surface area contributed by atoms with E-state index in [1.165, 1.54) is 0 Å². The smallest absolute Gasteiger partial charge is 0.318 e. The quantitative estimate of drug-likeness (QED) is 0.825. The summed E-state index contributed by atoms with van der Waals surface area (Å²) in [7, 11) is 0. The van der Waals surface area contributed by atoms with E-state index in [4.69, 9.17) is 5.11 Å². The van der Waals surface area contributed by atoms with Gasteiger partial charge >= 0.3 is 12.0 Å². The Bertz CT molecular complexity index is 332. The Morgan fingerprint density at radius 3 is 2.26 bits per heavy atom. The maximum atomic E-state index is 12.3. The van der Waals surface area contributed by atoms with E-state index in [2.05, 4.69) is 19.2 Å². The van der Waals surface area contributed by atoms with Gasteiger partial charge in [-0.15, -0.1) is 0 Å². The Hall–Kier alpha value is -1.26. The molecule has 0 radical (unpaired) electrons. The van der Waals surface area contributed by atoms with Crippen molar-refractivity contribution in [3.63, 3.8) is 0 Å². The summed E-state index contributed by atoms with van der Waals surface area (Å²) in [6, 6.07) is 0.424. The molecule has 0 aromatic rings. The fourth-order valence-corrected chi connectivity index (χ4v) is 2.66. The fraction of sp³-hybridized carbons (Fsp3) is 0.857. The number of likely N-dealkylation sites (tertiary alicyclic amines) is 1. The third kappa shape index (κ3) is 4.73. The molecule has 0 bridgehead atoms. The van der Waals surface area contributed by atoms with E-state index in [1.807, 2.05) is 18.7 Å². The van der Waals surface area contributed by atoms with Crippen LogP contribution in [-0.4, -0.2) is 39.6 Å². The molecule has 1 fully saturated rings. The summed E-state index contributed by atoms with van der Waals surface area (Å²) in [6.07, 6.45) is 3.73. The van der Waals surface area contributed by atoms with E-state index >= 15 is 0 Å². The van der Waals surface area contributed by atoms with Crippen molar-refractivity contribution in [1.29, 1.82) is 0 Å². The molecule has 5 nitrogen and oxygen atoms in total. The lowest BCUT2D eigenvalue weighted by Gasteiger charge is -2.41. The summed E-state index contributed by atoms with van der Waals surface area (Å²) in [5.74, 6) is -0.831. The second kappa shape index (κ2) is 6.26. The maximum Gasteiger partial charge on any atom is 0.318 e. The highest BCUT2D eigenvalue weighted by Crippen LogP contribution is 2.23. The van der Waals surface area contributed by atoms with Gasteiger partial charge < -0.3 is 15.3 Å². The van der Waals surface area contributed by atoms with Gasteiger partial charge in [-0.3, -0.25) is 4.79 Å². The van der Waals surface area contributed by atoms with Crippen LogP contribution in [0.4, 0.5) is 4.79 Å². The number of nitrogens with zero attached hydrogens (tertiary/aromatic N) is 1. The molecule has 0 saturated carbocycles. The first-order chi connectivity index (χ1) is 8.73. The Kier molecular flexibility index (Phi) is 5.20. The van der Waals surface area contributed by atoms with Gasteiger partial charge in [-0.25, -0.2) is 4.79 Å². The van der Waals surface area contributed by atoms with Gasteiger partial charge in [0.2, 0.25) is 0 Å². The standard InChI is InChI=1S/C14H26N2O3/c1-10-6-5-7-11(2)16(10)13(19)15-14(3,4)9-8-12(17)18/h10-11H,5-9H2,1-4H3,(H,15,19)(H,17,18). The lowest BCUT2D eigenvalue weighted by Crippen LogP contribution is -2.56. The van der Waals surface area contributed by atoms with Crippen LogP contribution in [0.3, 0.4) is 0 Å². The van der Waals surface area contributed by atoms with Crippen molar-refractivity contribution in [3.8, 4) is 0 Å². The highest BCUT2D eigenvalue weighted by Gasteiger charge is 2.32. The summed E-state index contributed by atoms with van der Waals surface area (Å²) in [6.45, 7) is 7.87. The number of amides is 2. The van der Waals surface area contributed by atoms with Crippen molar-refractivity contribution in [1.82, 2.24) is 10.2 Å². The number of hydrogen-bond acceptors (Lipinski definition) is 2. The van der Waals surface area contributed by atoms with Crippen molar-refractivity contribution in [2.75, 3.05) is 0 Å². The number of urea groups is 1. The molecule has 110 valence electrons. The molecule has 1 aliphatic heterocycles. The molecule has 1 saturated heterocycles. The highest BCUT2D eigenvalue weighted by molar-refractivity contribution is 5.76. The molecule has 5 heteroatoms. The molecule has 0 aliphatic carbocycles. The van der Waals surface area contributed by atoms with Crippen LogP contribution < -0.4 is 5.32 Å². The number of nitrogens with one attached hydrogen (secondary N) is 1. The van der Waals surface area contributed by atoms with Crippen LogP contribution in [-0.2, 0) is 4.79 Å². The van der Waals surface area contributed by atoms with E-state index < -0.39 is 11.5 Å². The van der Waals surface area contributed by atoms with Crippen LogP contribution in [0, 0.1) is 0 Å². The van der Waals surface area contributed by atoms with Gasteiger partial charge in [-0.05, 0) is 53.4 Å². The van der Waals surface area contributed by atoms with Crippen LogP contribution in [0.1, 0.15) is 59.8 Å². The minimum Gasteiger partial charge on any atom is -0.481 e. The van der Waals surface area contributed by atoms with E-state index in [-0.39, 0.29) is 24.5 Å². The molecule has 2 unspecified atom stereocenters. The average molecular weight is 270 g/mol. The molecule has 2 atom stereocenters. The lowest BCUT2D eigenvalue weighted by molar-refractivity contribution is -0.137. The summed E-state index contributed by atoms with van der Waals surface area (Å²) in [5.41, 5.74) is -0.494. The molecular formula is C14H26N2O3. The van der Waals surface area contributed by atoms with Gasteiger partial charge in [0.25, 0.3) is 0 Å². The van der Waals surface area contributed by atoms with E-state index in [0.29, 0.717) is 6.42 Å². The van der Waals surface area contributed by atoms with Crippen LogP contribution in [0.2, 0.25) is 0 Å². The number of carboxylic acid groups (broad SMARTS) is 1. The van der Waals surface area contributed by atoms with Gasteiger partial charge in [0.15, 0.2) is 0 Å². The maximum absolute atomic E-state index is 12.3. The zero-order valence-electron chi connectivity index (χ0n) is 12.4. The summed E-state index contributed by atoms with van der Waals surface area (Å²) in [4.78, 5) is 24.9. The molecule has 0 aromatic carbocycles. The zero-order chi connectivity index (χ0) is 14.6. The monoisotopic (exact) mass is 270 g/mol. The summed E-state index contributed by atoms with van der Waals surface area (Å²) in [5, 5.41) is 11.7. The number of aliphatic carboxylic acids is 1. The first-order valence-electron chi connectivity index (χ1n) is 7.05. The second-order valence-corrected chi connectivity index (χ2v) is 6.24. The number of carboxylic acids is 1. The van der Waals surface area contributed by atoms with Gasteiger partial charge in [0, 0.05) is 24.0 Å². The third-order valence-electron chi connectivity index (χ3n) is 3.84. The normalized spacial score (nSPS) is 24.1. The van der Waals surface area contributed by atoms with Crippen LogP contribution in [0.5, 0.6) is 0 Å². The Morgan fingerprint density at radius 2 is 1.79 bits per heavy atom. The molecular weight excluding hydrogens is 244 g/mol. The average Bonchev–Trinajstić information content (AvgIpc) is 2.25. The molecule has 2 N–H and O–H groups in total. The SMILES string of the molecule is CC1CCCC(C)N1C(=O)NC(C)(C)CCC(=O)O. The number of carbonyl (C=O) groups is 2. The Labute approximate surface area is 115 Å². The second-order valence-electron chi connectivity index (χ2n) is 6.24. The molecule has 19 heavy (non-hydrogen) atoms. The predicted molar refractivity (Wildman–Crippen MR) is 74.1 cm³/mol. The van der Waals surface area contributed by atoms with Crippen molar-refractivity contribution in [2.45, 2.75) is 77.4 Å². The van der Waals surface area contributed by atoms with Crippen molar-refractivity contribution in [3.05, 3.63) is 0 Å². The van der Waals surface area contributed by atoms with E-state index in [1.54, 1.807) is 0 Å². The summed E-state index contributed by atoms with van der Waals surface area (Å²) < 4.78 is 0. The summed E-state index contributed by atoms with van der Waals surface area (Å²) >= 11 is 0. The van der Waals surface area contributed by atoms with Crippen LogP contribution in [0.25, 0.3) is 0 Å². The molecule has 0 aromatic heterocycles. The van der Waals surface area contributed by atoms with Gasteiger partial charge in [0.05, 0.1) is 0 Å². The highest BCUT2D eigenvalue weighted by atomic mass is 16.4. The van der Waals surface area contributed by atoms with Crippen molar-refractivity contribution >= 4 is 12.0 Å². The molecule has 2 amide bonds. The molecule has 0 spiro atoms. The third-order valence-corrected chi connectivity index (χ3v) is 3.84. The molecule has 1 aliphatic rings. The minimum absolute atomic E-state index is 0.0678. The largest absolute Gasteiger partial charge is 0.481 e. The first-order valence-corrected chi connectivity index (χ1v) is 7.05. The number of piperidine rings is 1. The molecule has 1 rings (SSSR count). The predicted octanol–water partition coefficient (Wildman–Crippen LogP) is 2.60. The van der Waals surface area contributed by atoms with Gasteiger partial charge in [0.1, 0.15) is 0 Å². The number of hydrogen-bond donors (Lipinski definition) is 2. The van der Waals surface area contributed by atoms with Gasteiger partial charge in [-0.1, -0.05) is 0 Å². The Morgan fingerprint density at radius 1 is 1.26 bits per heavy atom.